The van der Waals surface area contributed by atoms with Gasteiger partial charge in [-0.05, 0) is 39.7 Å². The Balaban J connectivity index is 3.71. The summed E-state index contributed by atoms with van der Waals surface area (Å²) in [6.45, 7) is 5.54. The number of carbonyl (C=O) groups excluding carboxylic acids is 1. The van der Waals surface area contributed by atoms with Gasteiger partial charge in [0.2, 0.25) is 5.91 Å². The largest absolute Gasteiger partial charge is 0.389 e. The molecule has 0 aliphatic heterocycles. The van der Waals surface area contributed by atoms with E-state index >= 15 is 0 Å². The van der Waals surface area contributed by atoms with Crippen LogP contribution in [0, 0.1) is 0 Å². The molecule has 0 bridgehead atoms. The molecular weight excluding hydrogens is 238 g/mol. The minimum absolute atomic E-state index is 0.168. The molecule has 0 spiro atoms. The van der Waals surface area contributed by atoms with Crippen LogP contribution in [0.5, 0.6) is 0 Å². The molecule has 0 aromatic rings. The van der Waals surface area contributed by atoms with Gasteiger partial charge < -0.3 is 10.4 Å². The third-order valence-corrected chi connectivity index (χ3v) is 2.13. The highest BCUT2D eigenvalue weighted by Crippen LogP contribution is 1.97. The molecule has 3 heteroatoms. The van der Waals surface area contributed by atoms with Crippen LogP contribution in [0.1, 0.15) is 33.6 Å². The van der Waals surface area contributed by atoms with Crippen molar-refractivity contribution in [3.8, 4) is 0 Å². The van der Waals surface area contributed by atoms with Crippen molar-refractivity contribution in [1.82, 2.24) is 5.32 Å². The quantitative estimate of drug-likeness (QED) is 0.402. The topological polar surface area (TPSA) is 49.3 Å². The molecule has 0 fully saturated rings. The van der Waals surface area contributed by atoms with Crippen LogP contribution in [0.3, 0.4) is 0 Å². The molecule has 0 aromatic heterocycles. The normalized spacial score (nSPS) is 13.3. The van der Waals surface area contributed by atoms with E-state index < -0.39 is 5.60 Å². The molecule has 3 nitrogen and oxygen atoms in total. The first-order valence-corrected chi connectivity index (χ1v) is 6.57. The van der Waals surface area contributed by atoms with Crippen LogP contribution >= 0.6 is 0 Å². The van der Waals surface area contributed by atoms with Crippen molar-refractivity contribution in [2.75, 3.05) is 6.54 Å². The Morgan fingerprint density at radius 1 is 1.11 bits per heavy atom. The summed E-state index contributed by atoms with van der Waals surface area (Å²) in [7, 11) is 0. The monoisotopic (exact) mass is 263 g/mol. The summed E-state index contributed by atoms with van der Waals surface area (Å²) in [5.74, 6) is -0.168. The molecule has 0 aromatic carbocycles. The van der Waals surface area contributed by atoms with Crippen molar-refractivity contribution in [3.63, 3.8) is 0 Å². The molecule has 0 saturated heterocycles. The lowest BCUT2D eigenvalue weighted by molar-refractivity contribution is -0.117. The third-order valence-electron chi connectivity index (χ3n) is 2.13. The van der Waals surface area contributed by atoms with Crippen molar-refractivity contribution in [1.29, 1.82) is 0 Å². The number of hydrogen-bond donors (Lipinski definition) is 2. The van der Waals surface area contributed by atoms with Crippen LogP contribution in [0.25, 0.3) is 0 Å². The molecule has 0 radical (unpaired) electrons. The van der Waals surface area contributed by atoms with Gasteiger partial charge in [-0.3, -0.25) is 4.79 Å². The van der Waals surface area contributed by atoms with Gasteiger partial charge in [0.1, 0.15) is 0 Å². The Labute approximate surface area is 116 Å². The third kappa shape index (κ3) is 14.3. The fourth-order valence-electron chi connectivity index (χ4n) is 1.16. The molecule has 0 atom stereocenters. The number of hydrogen-bond acceptors (Lipinski definition) is 2. The molecule has 106 valence electrons. The van der Waals surface area contributed by atoms with E-state index in [1.807, 2.05) is 43.4 Å². The second-order valence-electron chi connectivity index (χ2n) is 4.85. The van der Waals surface area contributed by atoms with Gasteiger partial charge in [0, 0.05) is 6.54 Å². The molecule has 0 rings (SSSR count). The number of allylic oxidation sites excluding steroid dienone is 7. The molecule has 0 aliphatic carbocycles. The van der Waals surface area contributed by atoms with Crippen LogP contribution in [0.15, 0.2) is 48.6 Å². The second-order valence-corrected chi connectivity index (χ2v) is 4.85. The van der Waals surface area contributed by atoms with E-state index in [0.29, 0.717) is 0 Å². The summed E-state index contributed by atoms with van der Waals surface area (Å²) in [4.78, 5) is 11.4. The predicted molar refractivity (Wildman–Crippen MR) is 80.8 cm³/mol. The van der Waals surface area contributed by atoms with E-state index in [9.17, 15) is 9.90 Å². The lowest BCUT2D eigenvalue weighted by Gasteiger charge is -2.16. The molecule has 2 N–H and O–H groups in total. The lowest BCUT2D eigenvalue weighted by Crippen LogP contribution is -2.37. The molecule has 19 heavy (non-hydrogen) atoms. The molecule has 0 heterocycles. The van der Waals surface area contributed by atoms with Gasteiger partial charge in [-0.2, -0.15) is 0 Å². The highest BCUT2D eigenvalue weighted by molar-refractivity contribution is 5.87. The Morgan fingerprint density at radius 2 is 1.74 bits per heavy atom. The number of unbranched alkanes of at least 4 members (excludes halogenated alkanes) is 1. The van der Waals surface area contributed by atoms with E-state index in [2.05, 4.69) is 11.4 Å². The van der Waals surface area contributed by atoms with E-state index in [0.717, 1.165) is 12.8 Å². The number of rotatable bonds is 8. The molecule has 0 aliphatic rings. The number of amides is 1. The first-order valence-electron chi connectivity index (χ1n) is 6.57. The number of nitrogens with one attached hydrogen (secondary N) is 1. The summed E-state index contributed by atoms with van der Waals surface area (Å²) in [6.07, 6.45) is 17.0. The maximum absolute atomic E-state index is 11.4. The fraction of sp³-hybridized carbons (Fsp3) is 0.438. The Bertz CT molecular complexity index is 357. The Morgan fingerprint density at radius 3 is 2.37 bits per heavy atom. The highest BCUT2D eigenvalue weighted by Gasteiger charge is 2.12. The predicted octanol–water partition coefficient (Wildman–Crippen LogP) is 2.90. The zero-order valence-corrected chi connectivity index (χ0v) is 12.1. The first kappa shape index (κ1) is 17.4. The van der Waals surface area contributed by atoms with Gasteiger partial charge in [0.05, 0.1) is 5.60 Å². The van der Waals surface area contributed by atoms with Crippen molar-refractivity contribution >= 4 is 5.91 Å². The summed E-state index contributed by atoms with van der Waals surface area (Å²) in [6, 6.07) is 0. The Kier molecular flexibility index (Phi) is 9.45. The maximum atomic E-state index is 11.4. The zero-order chi connectivity index (χ0) is 14.6. The lowest BCUT2D eigenvalue weighted by atomic mass is 10.1. The number of aliphatic hydroxyl groups is 1. The summed E-state index contributed by atoms with van der Waals surface area (Å²) in [5.41, 5.74) is -0.870. The van der Waals surface area contributed by atoms with Crippen molar-refractivity contribution in [2.24, 2.45) is 0 Å². The molecule has 0 saturated carbocycles. The van der Waals surface area contributed by atoms with Crippen molar-refractivity contribution in [2.45, 2.75) is 39.2 Å². The van der Waals surface area contributed by atoms with E-state index in [1.165, 1.54) is 6.08 Å². The second kappa shape index (κ2) is 10.3. The summed E-state index contributed by atoms with van der Waals surface area (Å²) >= 11 is 0. The van der Waals surface area contributed by atoms with Gasteiger partial charge in [-0.15, -0.1) is 0 Å². The number of carbonyl (C=O) groups is 1. The van der Waals surface area contributed by atoms with E-state index in [1.54, 1.807) is 13.8 Å². The molecule has 0 unspecified atom stereocenters. The van der Waals surface area contributed by atoms with Crippen LogP contribution < -0.4 is 5.32 Å². The van der Waals surface area contributed by atoms with E-state index in [-0.39, 0.29) is 12.5 Å². The maximum Gasteiger partial charge on any atom is 0.243 e. The minimum atomic E-state index is -0.870. The SMILES string of the molecule is CC=CC=CC=CCC/C=C/C(=O)NCC(C)(C)O. The van der Waals surface area contributed by atoms with Crippen LogP contribution in [-0.4, -0.2) is 23.2 Å². The average molecular weight is 263 g/mol. The molecular formula is C16H25NO2. The van der Waals surface area contributed by atoms with Crippen LogP contribution in [0.2, 0.25) is 0 Å². The average Bonchev–Trinajstić information content (AvgIpc) is 2.33. The van der Waals surface area contributed by atoms with Crippen molar-refractivity contribution in [3.05, 3.63) is 48.6 Å². The van der Waals surface area contributed by atoms with Gasteiger partial charge in [-0.25, -0.2) is 0 Å². The van der Waals surface area contributed by atoms with Gasteiger partial charge >= 0.3 is 0 Å². The van der Waals surface area contributed by atoms with E-state index in [4.69, 9.17) is 0 Å². The van der Waals surface area contributed by atoms with Crippen molar-refractivity contribution < 1.29 is 9.90 Å². The van der Waals surface area contributed by atoms with Gasteiger partial charge in [0.25, 0.3) is 0 Å². The van der Waals surface area contributed by atoms with Crippen LogP contribution in [0.4, 0.5) is 0 Å². The fourth-order valence-corrected chi connectivity index (χ4v) is 1.16. The minimum Gasteiger partial charge on any atom is -0.389 e. The first-order chi connectivity index (χ1) is 8.95. The Hall–Kier alpha value is -1.61. The zero-order valence-electron chi connectivity index (χ0n) is 12.1. The van der Waals surface area contributed by atoms with Crippen LogP contribution in [-0.2, 0) is 4.79 Å². The van der Waals surface area contributed by atoms with Gasteiger partial charge in [-0.1, -0.05) is 42.5 Å². The summed E-state index contributed by atoms with van der Waals surface area (Å²) in [5, 5.41) is 12.1. The van der Waals surface area contributed by atoms with Gasteiger partial charge in [0.15, 0.2) is 0 Å². The molecule has 1 amide bonds. The standard InChI is InChI=1S/C16H25NO2/c1-4-5-6-7-8-9-10-11-12-13-15(18)17-14-16(2,3)19/h4-9,12-13,19H,10-11,14H2,1-3H3,(H,17,18)/b5-4?,7-6?,9-8?,13-12+. The smallest absolute Gasteiger partial charge is 0.243 e. The highest BCUT2D eigenvalue weighted by atomic mass is 16.3. The summed E-state index contributed by atoms with van der Waals surface area (Å²) < 4.78 is 0.